The molecular weight excluding hydrogens is 877 g/mol. The molecule has 0 heterocycles. The van der Waals surface area contributed by atoms with Gasteiger partial charge < -0.3 is 14.2 Å². The van der Waals surface area contributed by atoms with E-state index in [-0.39, 0.29) is 31.1 Å². The predicted molar refractivity (Wildman–Crippen MR) is 307 cm³/mol. The zero-order valence-corrected chi connectivity index (χ0v) is 46.7. The van der Waals surface area contributed by atoms with Crippen LogP contribution in [0.3, 0.4) is 0 Å². The molecule has 0 bridgehead atoms. The van der Waals surface area contributed by atoms with Gasteiger partial charge in [0.15, 0.2) is 6.10 Å². The van der Waals surface area contributed by atoms with Gasteiger partial charge in [0.05, 0.1) is 0 Å². The number of carbonyl (C=O) groups excluding carboxylic acids is 3. The van der Waals surface area contributed by atoms with E-state index in [1.54, 1.807) is 0 Å². The lowest BCUT2D eigenvalue weighted by Crippen LogP contribution is -2.30. The summed E-state index contributed by atoms with van der Waals surface area (Å²) in [4.78, 5) is 38.0. The molecule has 0 aliphatic heterocycles. The van der Waals surface area contributed by atoms with E-state index in [4.69, 9.17) is 14.2 Å². The Hall–Kier alpha value is -3.41. The molecule has 6 heteroatoms. The van der Waals surface area contributed by atoms with Gasteiger partial charge in [0.1, 0.15) is 13.2 Å². The molecule has 0 saturated carbocycles. The quantitative estimate of drug-likeness (QED) is 0.0261. The molecule has 1 atom stereocenters. The number of hydrogen-bond donors (Lipinski definition) is 0. The minimum atomic E-state index is -0.777. The lowest BCUT2D eigenvalue weighted by molar-refractivity contribution is -0.167. The van der Waals surface area contributed by atoms with Crippen LogP contribution in [0.1, 0.15) is 290 Å². The number of ether oxygens (including phenoxy) is 3. The molecule has 0 aliphatic rings. The Morgan fingerprint density at radius 1 is 0.296 bits per heavy atom. The van der Waals surface area contributed by atoms with Crippen LogP contribution >= 0.6 is 0 Å². The largest absolute Gasteiger partial charge is 0.462 e. The van der Waals surface area contributed by atoms with Crippen LogP contribution in [0.15, 0.2) is 85.1 Å². The third-order valence-corrected chi connectivity index (χ3v) is 12.9. The number of allylic oxidation sites excluding steroid dienone is 14. The monoisotopic (exact) mass is 989 g/mol. The molecule has 0 saturated heterocycles. The summed E-state index contributed by atoms with van der Waals surface area (Å²) in [6.45, 7) is 6.47. The number of unbranched alkanes of at least 4 members (excludes halogenated alkanes) is 29. The summed E-state index contributed by atoms with van der Waals surface area (Å²) in [5, 5.41) is 0. The van der Waals surface area contributed by atoms with Crippen LogP contribution in [0, 0.1) is 0 Å². The van der Waals surface area contributed by atoms with Gasteiger partial charge in [-0.25, -0.2) is 0 Å². The van der Waals surface area contributed by atoms with Gasteiger partial charge in [0, 0.05) is 19.3 Å². The number of esters is 3. The summed E-state index contributed by atoms with van der Waals surface area (Å²) < 4.78 is 16.8. The van der Waals surface area contributed by atoms with Crippen LogP contribution < -0.4 is 0 Å². The van der Waals surface area contributed by atoms with Crippen molar-refractivity contribution in [3.05, 3.63) is 85.1 Å². The topological polar surface area (TPSA) is 78.9 Å². The second-order valence-electron chi connectivity index (χ2n) is 19.9. The van der Waals surface area contributed by atoms with Crippen LogP contribution in [0.25, 0.3) is 0 Å². The SMILES string of the molecule is CC/C=C\C/C=C\C/C=C\C/C=C\C/C=C\CCCCCCCCCCCCCC(=O)OCC(COC(=O)CCCCCCCCC)OC(=O)CCCCCCCCCCC/C=C\C/C=C\CCCCC. The van der Waals surface area contributed by atoms with Crippen LogP contribution in [0.5, 0.6) is 0 Å². The van der Waals surface area contributed by atoms with E-state index in [9.17, 15) is 14.4 Å². The Morgan fingerprint density at radius 3 is 0.887 bits per heavy atom. The molecule has 0 aliphatic carbocycles. The zero-order chi connectivity index (χ0) is 51.4. The van der Waals surface area contributed by atoms with E-state index < -0.39 is 6.10 Å². The van der Waals surface area contributed by atoms with Crippen molar-refractivity contribution in [3.63, 3.8) is 0 Å². The van der Waals surface area contributed by atoms with E-state index in [0.717, 1.165) is 96.3 Å². The first-order valence-corrected chi connectivity index (χ1v) is 30.1. The number of rotatable bonds is 54. The van der Waals surface area contributed by atoms with Crippen LogP contribution in [0.4, 0.5) is 0 Å². The number of carbonyl (C=O) groups is 3. The van der Waals surface area contributed by atoms with Crippen LogP contribution in [-0.2, 0) is 28.6 Å². The van der Waals surface area contributed by atoms with E-state index in [1.165, 1.54) is 154 Å². The highest BCUT2D eigenvalue weighted by Crippen LogP contribution is 2.16. The smallest absolute Gasteiger partial charge is 0.306 e. The number of hydrogen-bond acceptors (Lipinski definition) is 6. The molecule has 0 rings (SSSR count). The molecule has 0 N–H and O–H groups in total. The zero-order valence-electron chi connectivity index (χ0n) is 46.7. The summed E-state index contributed by atoms with van der Waals surface area (Å²) in [6, 6.07) is 0. The molecule has 0 amide bonds. The molecule has 1 unspecified atom stereocenters. The third-order valence-electron chi connectivity index (χ3n) is 12.9. The van der Waals surface area contributed by atoms with Gasteiger partial charge >= 0.3 is 17.9 Å². The Morgan fingerprint density at radius 2 is 0.549 bits per heavy atom. The average molecular weight is 990 g/mol. The lowest BCUT2D eigenvalue weighted by atomic mass is 10.0. The minimum Gasteiger partial charge on any atom is -0.462 e. The summed E-state index contributed by atoms with van der Waals surface area (Å²) in [6.07, 6.45) is 77.4. The lowest BCUT2D eigenvalue weighted by Gasteiger charge is -2.18. The van der Waals surface area contributed by atoms with Gasteiger partial charge in [-0.15, -0.1) is 0 Å². The van der Waals surface area contributed by atoms with E-state index in [1.807, 2.05) is 0 Å². The fourth-order valence-corrected chi connectivity index (χ4v) is 8.38. The van der Waals surface area contributed by atoms with Crippen molar-refractivity contribution in [2.45, 2.75) is 297 Å². The molecule has 0 radical (unpaired) electrons. The van der Waals surface area contributed by atoms with Crippen molar-refractivity contribution in [2.24, 2.45) is 0 Å². The Labute approximate surface area is 439 Å². The maximum Gasteiger partial charge on any atom is 0.306 e. The maximum atomic E-state index is 12.8. The maximum absolute atomic E-state index is 12.8. The summed E-state index contributed by atoms with van der Waals surface area (Å²) in [5.74, 6) is -0.883. The van der Waals surface area contributed by atoms with Gasteiger partial charge in [-0.2, -0.15) is 0 Å². The van der Waals surface area contributed by atoms with E-state index >= 15 is 0 Å². The van der Waals surface area contributed by atoms with E-state index in [0.29, 0.717) is 19.3 Å². The molecule has 408 valence electrons. The first-order chi connectivity index (χ1) is 35.0. The summed E-state index contributed by atoms with van der Waals surface area (Å²) >= 11 is 0. The van der Waals surface area contributed by atoms with Crippen molar-refractivity contribution in [2.75, 3.05) is 13.2 Å². The van der Waals surface area contributed by atoms with Crippen LogP contribution in [-0.4, -0.2) is 37.2 Å². The molecule has 6 nitrogen and oxygen atoms in total. The van der Waals surface area contributed by atoms with Gasteiger partial charge in [-0.05, 0) is 96.3 Å². The Bertz CT molecular complexity index is 1370. The fraction of sp³-hybridized carbons (Fsp3) is 0.738. The van der Waals surface area contributed by atoms with Gasteiger partial charge in [0.2, 0.25) is 0 Å². The second-order valence-corrected chi connectivity index (χ2v) is 19.9. The molecule has 0 fully saturated rings. The van der Waals surface area contributed by atoms with Gasteiger partial charge in [-0.3, -0.25) is 14.4 Å². The van der Waals surface area contributed by atoms with Gasteiger partial charge in [0.25, 0.3) is 0 Å². The highest BCUT2D eigenvalue weighted by molar-refractivity contribution is 5.71. The normalized spacial score (nSPS) is 12.7. The standard InChI is InChI=1S/C65H112O6/c1-4-7-10-13-16-18-20-22-24-26-28-29-30-31-32-33-34-35-37-38-40-42-44-46-49-52-55-58-64(67)70-61-62(60-69-63(66)57-54-51-48-15-12-9-6-3)71-65(68)59-56-53-50-47-45-43-41-39-36-27-25-23-21-19-17-14-11-8-5-2/h7,10,16-19,22-25,28-29,31-32,62H,4-6,8-9,11-15,20-21,26-27,30,33-61H2,1-3H3/b10-7-,18-16-,19-17-,24-22-,25-23-,29-28-,32-31-. The second kappa shape index (κ2) is 59.2. The van der Waals surface area contributed by atoms with Crippen molar-refractivity contribution in [1.29, 1.82) is 0 Å². The molecule has 0 aromatic carbocycles. The highest BCUT2D eigenvalue weighted by Gasteiger charge is 2.19. The first-order valence-electron chi connectivity index (χ1n) is 30.1. The van der Waals surface area contributed by atoms with E-state index in [2.05, 4.69) is 106 Å². The third kappa shape index (κ3) is 57.4. The molecular formula is C65H112O6. The average Bonchev–Trinajstić information content (AvgIpc) is 3.37. The van der Waals surface area contributed by atoms with Crippen molar-refractivity contribution in [1.82, 2.24) is 0 Å². The van der Waals surface area contributed by atoms with Crippen molar-refractivity contribution in [3.8, 4) is 0 Å². The molecule has 0 aromatic heterocycles. The summed E-state index contributed by atoms with van der Waals surface area (Å²) in [5.41, 5.74) is 0. The molecule has 0 spiro atoms. The summed E-state index contributed by atoms with van der Waals surface area (Å²) in [7, 11) is 0. The first kappa shape index (κ1) is 67.6. The molecule has 0 aromatic rings. The predicted octanol–water partition coefficient (Wildman–Crippen LogP) is 20.3. The van der Waals surface area contributed by atoms with Crippen molar-refractivity contribution < 1.29 is 28.6 Å². The van der Waals surface area contributed by atoms with Gasteiger partial charge in [-0.1, -0.05) is 260 Å². The van der Waals surface area contributed by atoms with Crippen LogP contribution in [0.2, 0.25) is 0 Å². The Kier molecular flexibility index (Phi) is 56.3. The Balaban J connectivity index is 4.15. The minimum absolute atomic E-state index is 0.0771. The molecule has 71 heavy (non-hydrogen) atoms. The highest BCUT2D eigenvalue weighted by atomic mass is 16.6. The van der Waals surface area contributed by atoms with Crippen molar-refractivity contribution >= 4 is 17.9 Å². The fourth-order valence-electron chi connectivity index (χ4n) is 8.38.